The number of nitrogens with one attached hydrogen (secondary N) is 1. The van der Waals surface area contributed by atoms with Gasteiger partial charge in [0, 0.05) is 37.3 Å². The second kappa shape index (κ2) is 5.56. The van der Waals surface area contributed by atoms with Gasteiger partial charge in [0.2, 0.25) is 0 Å². The van der Waals surface area contributed by atoms with Crippen LogP contribution in [-0.4, -0.2) is 31.1 Å². The van der Waals surface area contributed by atoms with Crippen LogP contribution in [0.1, 0.15) is 18.4 Å². The molecular weight excluding hydrogens is 222 g/mol. The fraction of sp³-hybridized carbons (Fsp3) is 0.538. The SMILES string of the molecule is CN(CCNC1CC1)Cc1ccc(F)cc1F. The Morgan fingerprint density at radius 2 is 2.12 bits per heavy atom. The number of likely N-dealkylation sites (N-methyl/N-ethyl adjacent to an activating group) is 1. The number of nitrogens with zero attached hydrogens (tertiary/aromatic N) is 1. The quantitative estimate of drug-likeness (QED) is 0.819. The van der Waals surface area contributed by atoms with Crippen molar-refractivity contribution in [2.75, 3.05) is 20.1 Å². The van der Waals surface area contributed by atoms with E-state index in [0.717, 1.165) is 19.2 Å². The highest BCUT2D eigenvalue weighted by Crippen LogP contribution is 2.18. The summed E-state index contributed by atoms with van der Waals surface area (Å²) in [6, 6.07) is 4.45. The van der Waals surface area contributed by atoms with Gasteiger partial charge in [0.1, 0.15) is 11.6 Å². The van der Waals surface area contributed by atoms with E-state index in [1.54, 1.807) is 0 Å². The lowest BCUT2D eigenvalue weighted by Gasteiger charge is -2.17. The van der Waals surface area contributed by atoms with Crippen LogP contribution in [0.2, 0.25) is 0 Å². The molecule has 0 atom stereocenters. The van der Waals surface area contributed by atoms with Crippen LogP contribution < -0.4 is 5.32 Å². The van der Waals surface area contributed by atoms with Gasteiger partial charge in [-0.15, -0.1) is 0 Å². The van der Waals surface area contributed by atoms with Crippen molar-refractivity contribution in [3.05, 3.63) is 35.4 Å². The molecule has 0 heterocycles. The summed E-state index contributed by atoms with van der Waals surface area (Å²) >= 11 is 0. The molecule has 0 radical (unpaired) electrons. The van der Waals surface area contributed by atoms with E-state index in [9.17, 15) is 8.78 Å². The summed E-state index contributed by atoms with van der Waals surface area (Å²) in [5.41, 5.74) is 0.542. The summed E-state index contributed by atoms with van der Waals surface area (Å²) in [5, 5.41) is 3.40. The normalized spacial score (nSPS) is 15.5. The highest BCUT2D eigenvalue weighted by molar-refractivity contribution is 5.18. The van der Waals surface area contributed by atoms with Gasteiger partial charge in [-0.1, -0.05) is 6.07 Å². The average molecular weight is 240 g/mol. The topological polar surface area (TPSA) is 15.3 Å². The number of hydrogen-bond acceptors (Lipinski definition) is 2. The van der Waals surface area contributed by atoms with Crippen LogP contribution >= 0.6 is 0 Å². The van der Waals surface area contributed by atoms with Gasteiger partial charge in [0.25, 0.3) is 0 Å². The number of halogens is 2. The molecule has 0 aromatic heterocycles. The van der Waals surface area contributed by atoms with Gasteiger partial charge in [-0.05, 0) is 26.0 Å². The molecule has 2 rings (SSSR count). The van der Waals surface area contributed by atoms with E-state index in [0.29, 0.717) is 18.2 Å². The zero-order valence-corrected chi connectivity index (χ0v) is 10.0. The van der Waals surface area contributed by atoms with Crippen molar-refractivity contribution >= 4 is 0 Å². The van der Waals surface area contributed by atoms with Gasteiger partial charge in [-0.2, -0.15) is 0 Å². The lowest BCUT2D eigenvalue weighted by molar-refractivity contribution is 0.318. The number of benzene rings is 1. The molecule has 1 aromatic carbocycles. The summed E-state index contributed by atoms with van der Waals surface area (Å²) in [7, 11) is 1.94. The van der Waals surface area contributed by atoms with Crippen LogP contribution in [0.3, 0.4) is 0 Å². The van der Waals surface area contributed by atoms with Gasteiger partial charge in [-0.25, -0.2) is 8.78 Å². The summed E-state index contributed by atoms with van der Waals surface area (Å²) in [6.07, 6.45) is 2.55. The van der Waals surface area contributed by atoms with E-state index in [4.69, 9.17) is 0 Å². The van der Waals surface area contributed by atoms with Crippen molar-refractivity contribution in [2.24, 2.45) is 0 Å². The van der Waals surface area contributed by atoms with Crippen LogP contribution in [-0.2, 0) is 6.54 Å². The van der Waals surface area contributed by atoms with Gasteiger partial charge < -0.3 is 10.2 Å². The molecule has 94 valence electrons. The third-order valence-corrected chi connectivity index (χ3v) is 2.96. The summed E-state index contributed by atoms with van der Waals surface area (Å²) in [4.78, 5) is 2.03. The minimum Gasteiger partial charge on any atom is -0.313 e. The lowest BCUT2D eigenvalue weighted by Crippen LogP contribution is -2.30. The van der Waals surface area contributed by atoms with E-state index < -0.39 is 11.6 Å². The largest absolute Gasteiger partial charge is 0.313 e. The lowest BCUT2D eigenvalue weighted by atomic mass is 10.2. The van der Waals surface area contributed by atoms with Crippen LogP contribution in [0.4, 0.5) is 8.78 Å². The highest BCUT2D eigenvalue weighted by Gasteiger charge is 2.19. The molecule has 1 saturated carbocycles. The average Bonchev–Trinajstić information content (AvgIpc) is 3.06. The predicted molar refractivity (Wildman–Crippen MR) is 63.7 cm³/mol. The molecule has 1 aromatic rings. The molecule has 0 bridgehead atoms. The minimum absolute atomic E-state index is 0.466. The Labute approximate surface area is 101 Å². The van der Waals surface area contributed by atoms with Crippen molar-refractivity contribution in [3.63, 3.8) is 0 Å². The first kappa shape index (κ1) is 12.5. The summed E-state index contributed by atoms with van der Waals surface area (Å²) in [6.45, 7) is 2.30. The van der Waals surface area contributed by atoms with E-state index in [2.05, 4.69) is 5.32 Å². The van der Waals surface area contributed by atoms with Crippen molar-refractivity contribution in [3.8, 4) is 0 Å². The third kappa shape index (κ3) is 4.06. The predicted octanol–water partition coefficient (Wildman–Crippen LogP) is 2.15. The first-order valence-corrected chi connectivity index (χ1v) is 6.01. The Balaban J connectivity index is 1.77. The molecular formula is C13H18F2N2. The van der Waals surface area contributed by atoms with E-state index in [1.807, 2.05) is 11.9 Å². The maximum absolute atomic E-state index is 13.4. The van der Waals surface area contributed by atoms with Crippen molar-refractivity contribution in [1.29, 1.82) is 0 Å². The third-order valence-electron chi connectivity index (χ3n) is 2.96. The molecule has 1 N–H and O–H groups in total. The van der Waals surface area contributed by atoms with E-state index in [-0.39, 0.29) is 0 Å². The van der Waals surface area contributed by atoms with Crippen LogP contribution in [0.25, 0.3) is 0 Å². The van der Waals surface area contributed by atoms with Gasteiger partial charge in [0.15, 0.2) is 0 Å². The Morgan fingerprint density at radius 1 is 1.35 bits per heavy atom. The van der Waals surface area contributed by atoms with Crippen LogP contribution in [0.15, 0.2) is 18.2 Å². The molecule has 1 fully saturated rings. The van der Waals surface area contributed by atoms with Gasteiger partial charge in [0.05, 0.1) is 0 Å². The Morgan fingerprint density at radius 3 is 2.76 bits per heavy atom. The first-order chi connectivity index (χ1) is 8.15. The molecule has 0 unspecified atom stereocenters. The Hall–Kier alpha value is -1.00. The molecule has 4 heteroatoms. The monoisotopic (exact) mass is 240 g/mol. The Bertz CT molecular complexity index is 378. The van der Waals surface area contributed by atoms with Gasteiger partial charge in [-0.3, -0.25) is 0 Å². The fourth-order valence-corrected chi connectivity index (χ4v) is 1.77. The molecule has 0 saturated heterocycles. The minimum atomic E-state index is -0.524. The second-order valence-corrected chi connectivity index (χ2v) is 4.70. The number of rotatable bonds is 6. The van der Waals surface area contributed by atoms with E-state index in [1.165, 1.54) is 25.0 Å². The van der Waals surface area contributed by atoms with Crippen LogP contribution in [0, 0.1) is 11.6 Å². The molecule has 0 amide bonds. The zero-order valence-electron chi connectivity index (χ0n) is 10.0. The maximum Gasteiger partial charge on any atom is 0.130 e. The maximum atomic E-state index is 13.4. The molecule has 1 aliphatic carbocycles. The molecule has 2 nitrogen and oxygen atoms in total. The smallest absolute Gasteiger partial charge is 0.130 e. The second-order valence-electron chi connectivity index (χ2n) is 4.70. The first-order valence-electron chi connectivity index (χ1n) is 6.01. The molecule has 17 heavy (non-hydrogen) atoms. The fourth-order valence-electron chi connectivity index (χ4n) is 1.77. The van der Waals surface area contributed by atoms with Crippen molar-refractivity contribution in [1.82, 2.24) is 10.2 Å². The molecule has 0 spiro atoms. The summed E-state index contributed by atoms with van der Waals surface area (Å²) < 4.78 is 26.1. The summed E-state index contributed by atoms with van der Waals surface area (Å²) in [5.74, 6) is -0.990. The number of hydrogen-bond donors (Lipinski definition) is 1. The molecule has 0 aliphatic heterocycles. The van der Waals surface area contributed by atoms with Crippen molar-refractivity contribution in [2.45, 2.75) is 25.4 Å². The highest BCUT2D eigenvalue weighted by atomic mass is 19.1. The Kier molecular flexibility index (Phi) is 4.07. The zero-order chi connectivity index (χ0) is 12.3. The van der Waals surface area contributed by atoms with Crippen molar-refractivity contribution < 1.29 is 8.78 Å². The van der Waals surface area contributed by atoms with Crippen LogP contribution in [0.5, 0.6) is 0 Å². The van der Waals surface area contributed by atoms with E-state index >= 15 is 0 Å². The molecule has 1 aliphatic rings. The standard InChI is InChI=1S/C13H18F2N2/c1-17(7-6-16-12-4-5-12)9-10-2-3-11(14)8-13(10)15/h2-3,8,12,16H,4-7,9H2,1H3. The van der Waals surface area contributed by atoms with Gasteiger partial charge >= 0.3 is 0 Å².